The van der Waals surface area contributed by atoms with E-state index in [0.717, 1.165) is 36.6 Å². The third kappa shape index (κ3) is 3.57. The highest BCUT2D eigenvalue weighted by atomic mass is 32.1. The first-order valence-corrected chi connectivity index (χ1v) is 10.1. The van der Waals surface area contributed by atoms with Gasteiger partial charge in [0.1, 0.15) is 11.3 Å². The lowest BCUT2D eigenvalue weighted by molar-refractivity contribution is 0.0948. The molecule has 1 fully saturated rings. The molecular weight excluding hydrogens is 378 g/mol. The van der Waals surface area contributed by atoms with Gasteiger partial charge in [-0.2, -0.15) is 4.52 Å². The molecule has 146 valence electrons. The summed E-state index contributed by atoms with van der Waals surface area (Å²) < 4.78 is 6.79. The minimum absolute atomic E-state index is 0.0235. The Hall–Kier alpha value is -2.94. The van der Waals surface area contributed by atoms with Crippen LogP contribution in [-0.2, 0) is 6.54 Å². The van der Waals surface area contributed by atoms with Crippen molar-refractivity contribution in [2.24, 2.45) is 0 Å². The largest absolute Gasteiger partial charge is 0.494 e. The number of hydrogen-bond acceptors (Lipinski definition) is 7. The van der Waals surface area contributed by atoms with E-state index in [1.54, 1.807) is 0 Å². The van der Waals surface area contributed by atoms with Crippen LogP contribution in [0.25, 0.3) is 4.96 Å². The molecule has 0 saturated carbocycles. The number of para-hydroxylation sites is 1. The van der Waals surface area contributed by atoms with E-state index in [-0.39, 0.29) is 12.1 Å². The number of amides is 1. The van der Waals surface area contributed by atoms with Gasteiger partial charge in [0.15, 0.2) is 0 Å². The van der Waals surface area contributed by atoms with Gasteiger partial charge in [-0.05, 0) is 25.8 Å². The van der Waals surface area contributed by atoms with Crippen molar-refractivity contribution in [2.75, 3.05) is 24.6 Å². The average molecular weight is 399 g/mol. The summed E-state index contributed by atoms with van der Waals surface area (Å²) >= 11 is 1.37. The van der Waals surface area contributed by atoms with Crippen molar-refractivity contribution >= 4 is 27.3 Å². The zero-order chi connectivity index (χ0) is 19.5. The molecular formula is C19H21N5O3S. The highest BCUT2D eigenvalue weighted by Crippen LogP contribution is 2.24. The van der Waals surface area contributed by atoms with Crippen LogP contribution in [0.3, 0.4) is 0 Å². The van der Waals surface area contributed by atoms with Crippen LogP contribution in [0.1, 0.15) is 35.7 Å². The van der Waals surface area contributed by atoms with Crippen LogP contribution in [0.2, 0.25) is 0 Å². The Morgan fingerprint density at radius 1 is 1.29 bits per heavy atom. The zero-order valence-electron chi connectivity index (χ0n) is 15.6. The quantitative estimate of drug-likeness (QED) is 0.683. The van der Waals surface area contributed by atoms with Crippen molar-refractivity contribution < 1.29 is 9.53 Å². The smallest absolute Gasteiger partial charge is 0.288 e. The molecule has 1 saturated heterocycles. The predicted molar refractivity (Wildman–Crippen MR) is 107 cm³/mol. The van der Waals surface area contributed by atoms with Gasteiger partial charge in [-0.1, -0.05) is 29.5 Å². The molecule has 1 aliphatic heterocycles. The minimum atomic E-state index is -0.478. The number of fused-ring (bicyclic) bond motifs is 1. The molecule has 0 radical (unpaired) electrons. The molecule has 0 aliphatic carbocycles. The van der Waals surface area contributed by atoms with E-state index in [1.807, 2.05) is 31.2 Å². The Labute approximate surface area is 165 Å². The number of carbonyl (C=O) groups is 1. The van der Waals surface area contributed by atoms with E-state index in [2.05, 4.69) is 20.3 Å². The highest BCUT2D eigenvalue weighted by Gasteiger charge is 2.20. The lowest BCUT2D eigenvalue weighted by Crippen LogP contribution is -2.31. The number of nitrogens with zero attached hydrogens (tertiary/aromatic N) is 4. The second-order valence-corrected chi connectivity index (χ2v) is 7.41. The number of benzene rings is 1. The molecule has 1 aliphatic rings. The van der Waals surface area contributed by atoms with Gasteiger partial charge in [-0.15, -0.1) is 5.10 Å². The predicted octanol–water partition coefficient (Wildman–Crippen LogP) is 2.08. The summed E-state index contributed by atoms with van der Waals surface area (Å²) in [5.41, 5.74) is 0.365. The highest BCUT2D eigenvalue weighted by molar-refractivity contribution is 7.20. The molecule has 1 amide bonds. The lowest BCUT2D eigenvalue weighted by Gasteiger charge is -2.11. The molecule has 0 unspecified atom stereocenters. The third-order valence-electron chi connectivity index (χ3n) is 4.61. The van der Waals surface area contributed by atoms with Gasteiger partial charge in [0.2, 0.25) is 10.1 Å². The molecule has 8 nitrogen and oxygen atoms in total. The van der Waals surface area contributed by atoms with Crippen molar-refractivity contribution in [3.63, 3.8) is 0 Å². The van der Waals surface area contributed by atoms with Gasteiger partial charge < -0.3 is 15.0 Å². The summed E-state index contributed by atoms with van der Waals surface area (Å²) in [5.74, 6) is 0.235. The average Bonchev–Trinajstić information content (AvgIpc) is 3.37. The second kappa shape index (κ2) is 7.97. The number of ether oxygens (including phenoxy) is 1. The topological polar surface area (TPSA) is 88.8 Å². The van der Waals surface area contributed by atoms with Gasteiger partial charge in [0.05, 0.1) is 6.61 Å². The number of rotatable bonds is 6. The van der Waals surface area contributed by atoms with Gasteiger partial charge >= 0.3 is 0 Å². The van der Waals surface area contributed by atoms with Crippen LogP contribution in [0.4, 0.5) is 5.13 Å². The Morgan fingerprint density at radius 3 is 2.86 bits per heavy atom. The number of carbonyl (C=O) groups excluding carboxylic acids is 1. The Morgan fingerprint density at radius 2 is 2.07 bits per heavy atom. The van der Waals surface area contributed by atoms with E-state index >= 15 is 0 Å². The maximum atomic E-state index is 12.7. The lowest BCUT2D eigenvalue weighted by atomic mass is 10.2. The van der Waals surface area contributed by atoms with Gasteiger partial charge in [-0.25, -0.2) is 4.98 Å². The van der Waals surface area contributed by atoms with Crippen molar-refractivity contribution in [2.45, 2.75) is 26.3 Å². The Balaban J connectivity index is 1.54. The van der Waals surface area contributed by atoms with Crippen LogP contribution < -0.4 is 20.5 Å². The number of hydrogen-bond donors (Lipinski definition) is 1. The van der Waals surface area contributed by atoms with E-state index in [9.17, 15) is 9.59 Å². The molecule has 1 aromatic carbocycles. The monoisotopic (exact) mass is 399 g/mol. The van der Waals surface area contributed by atoms with Gasteiger partial charge in [-0.3, -0.25) is 9.59 Å². The summed E-state index contributed by atoms with van der Waals surface area (Å²) in [6.07, 6.45) is 3.57. The third-order valence-corrected chi connectivity index (χ3v) is 5.59. The fourth-order valence-corrected chi connectivity index (χ4v) is 4.10. The molecule has 0 atom stereocenters. The molecule has 9 heteroatoms. The number of anilines is 1. The normalized spacial score (nSPS) is 13.8. The van der Waals surface area contributed by atoms with Gasteiger partial charge in [0, 0.05) is 31.4 Å². The molecule has 3 heterocycles. The fraction of sp³-hybridized carbons (Fsp3) is 0.368. The van der Waals surface area contributed by atoms with Crippen LogP contribution in [-0.4, -0.2) is 40.2 Å². The molecule has 0 spiro atoms. The van der Waals surface area contributed by atoms with Crippen LogP contribution >= 0.6 is 11.3 Å². The van der Waals surface area contributed by atoms with Crippen LogP contribution in [0.15, 0.2) is 35.3 Å². The summed E-state index contributed by atoms with van der Waals surface area (Å²) in [6.45, 7) is 4.56. The first-order chi connectivity index (χ1) is 13.7. The molecule has 28 heavy (non-hydrogen) atoms. The standard InChI is InChI=1S/C19H21N5O3S/c1-2-27-15-8-4-3-7-13(15)11-20-16(25)14-12-21-18-24(17(14)26)22-19(28-18)23-9-5-6-10-23/h3-4,7-8,12H,2,5-6,9-11H2,1H3,(H,20,25). The van der Waals surface area contributed by atoms with E-state index < -0.39 is 11.5 Å². The molecule has 4 rings (SSSR count). The van der Waals surface area contributed by atoms with Crippen molar-refractivity contribution in [3.05, 3.63) is 51.9 Å². The minimum Gasteiger partial charge on any atom is -0.494 e. The van der Waals surface area contributed by atoms with E-state index in [0.29, 0.717) is 17.3 Å². The summed E-state index contributed by atoms with van der Waals surface area (Å²) in [5, 5.41) is 7.92. The number of aromatic nitrogens is 3. The molecule has 0 bridgehead atoms. The maximum absolute atomic E-state index is 12.7. The van der Waals surface area contributed by atoms with Crippen molar-refractivity contribution in [3.8, 4) is 5.75 Å². The Kier molecular flexibility index (Phi) is 5.25. The molecule has 2 aromatic heterocycles. The van der Waals surface area contributed by atoms with Crippen molar-refractivity contribution in [1.29, 1.82) is 0 Å². The van der Waals surface area contributed by atoms with Gasteiger partial charge in [0.25, 0.3) is 11.5 Å². The first-order valence-electron chi connectivity index (χ1n) is 9.30. The first kappa shape index (κ1) is 18.4. The van der Waals surface area contributed by atoms with E-state index in [1.165, 1.54) is 22.0 Å². The zero-order valence-corrected chi connectivity index (χ0v) is 16.4. The second-order valence-electron chi connectivity index (χ2n) is 6.47. The maximum Gasteiger partial charge on any atom is 0.288 e. The molecule has 3 aromatic rings. The Bertz CT molecular complexity index is 1060. The summed E-state index contributed by atoms with van der Waals surface area (Å²) in [4.78, 5) is 32.2. The van der Waals surface area contributed by atoms with Crippen molar-refractivity contribution in [1.82, 2.24) is 19.9 Å². The van der Waals surface area contributed by atoms with Crippen LogP contribution in [0.5, 0.6) is 5.75 Å². The van der Waals surface area contributed by atoms with E-state index in [4.69, 9.17) is 4.74 Å². The van der Waals surface area contributed by atoms with Crippen LogP contribution in [0, 0.1) is 0 Å². The summed E-state index contributed by atoms with van der Waals surface area (Å²) in [7, 11) is 0. The number of nitrogens with one attached hydrogen (secondary N) is 1. The summed E-state index contributed by atoms with van der Waals surface area (Å²) in [6, 6.07) is 7.48. The SMILES string of the molecule is CCOc1ccccc1CNC(=O)c1cnc2sc(N3CCCC3)nn2c1=O. The fourth-order valence-electron chi connectivity index (χ4n) is 3.18. The molecule has 1 N–H and O–H groups in total.